The summed E-state index contributed by atoms with van der Waals surface area (Å²) in [5.74, 6) is 0. The molecule has 27 heavy (non-hydrogen) atoms. The van der Waals surface area contributed by atoms with E-state index in [1.807, 2.05) is 0 Å². The molecule has 0 bridgehead atoms. The van der Waals surface area contributed by atoms with Gasteiger partial charge in [-0.25, -0.2) is 0 Å². The first-order valence-corrected chi connectivity index (χ1v) is 23.6. The van der Waals surface area contributed by atoms with Gasteiger partial charge in [0.05, 0.1) is 24.9 Å². The van der Waals surface area contributed by atoms with E-state index in [4.69, 9.17) is 17.7 Å². The Hall–Kier alpha value is 0.378. The average molecular weight is 453 g/mol. The van der Waals surface area contributed by atoms with Gasteiger partial charge in [-0.3, -0.25) is 0 Å². The molecule has 0 unspecified atom stereocenters. The summed E-state index contributed by atoms with van der Waals surface area (Å²) in [5.41, 5.74) is 0. The minimum absolute atomic E-state index is 0.226. The van der Waals surface area contributed by atoms with Crippen LogP contribution in [-0.2, 0) is 22.5 Å². The van der Waals surface area contributed by atoms with E-state index in [9.17, 15) is 4.79 Å². The molecule has 0 saturated carbocycles. The minimum atomic E-state index is -1.89. The second kappa shape index (κ2) is 10.4. The maximum atomic E-state index is 11.4. The normalized spacial score (nSPS) is 17.5. The van der Waals surface area contributed by atoms with Crippen LogP contribution in [0.2, 0.25) is 78.6 Å². The van der Waals surface area contributed by atoms with Crippen molar-refractivity contribution >= 4 is 39.6 Å². The van der Waals surface area contributed by atoms with Crippen LogP contribution in [-0.4, -0.2) is 64.5 Å². The van der Waals surface area contributed by atoms with Gasteiger partial charge in [-0.15, -0.1) is 0 Å². The molecular formula is C18H44O5Si4. The molecule has 9 heteroatoms. The van der Waals surface area contributed by atoms with Crippen molar-refractivity contribution in [3.63, 3.8) is 0 Å². The van der Waals surface area contributed by atoms with Gasteiger partial charge in [0, 0.05) is 6.42 Å². The second-order valence-electron chi connectivity index (χ2n) is 11.1. The van der Waals surface area contributed by atoms with Gasteiger partial charge < -0.3 is 22.5 Å². The van der Waals surface area contributed by atoms with E-state index in [2.05, 4.69) is 78.6 Å². The number of aldehydes is 1. The number of hydrogen-bond acceptors (Lipinski definition) is 5. The van der Waals surface area contributed by atoms with E-state index in [-0.39, 0.29) is 18.3 Å². The SMILES string of the molecule is C[Si](C)(C)OC[C@H](O[Si](C)(C)C)[C@@H](O[Si](C)(C)C)[C@H](CC=O)O[Si](C)(C)C. The third kappa shape index (κ3) is 15.0. The summed E-state index contributed by atoms with van der Waals surface area (Å²) in [6, 6.07) is 0. The zero-order valence-electron chi connectivity index (χ0n) is 19.8. The van der Waals surface area contributed by atoms with Gasteiger partial charge in [0.1, 0.15) is 6.29 Å². The molecule has 0 fully saturated rings. The molecule has 0 heterocycles. The Morgan fingerprint density at radius 1 is 0.630 bits per heavy atom. The van der Waals surface area contributed by atoms with Crippen molar-refractivity contribution in [2.24, 2.45) is 0 Å². The van der Waals surface area contributed by atoms with Crippen LogP contribution in [0, 0.1) is 0 Å². The predicted molar refractivity (Wildman–Crippen MR) is 125 cm³/mol. The lowest BCUT2D eigenvalue weighted by Crippen LogP contribution is -2.55. The standard InChI is InChI=1S/C18H44O5Si4/c1-24(2,3)20-15-17(22-26(7,8)9)18(23-27(10,11)12)16(13-14-19)21-25(4,5)6/h14,16-18H,13,15H2,1-12H3/t16-,17-,18-/m0/s1. The molecule has 0 amide bonds. The quantitative estimate of drug-likeness (QED) is 0.288. The molecule has 0 aromatic carbocycles. The summed E-state index contributed by atoms with van der Waals surface area (Å²) < 4.78 is 25.8. The van der Waals surface area contributed by atoms with Crippen molar-refractivity contribution in [2.45, 2.75) is 103 Å². The first kappa shape index (κ1) is 27.4. The number of carbonyl (C=O) groups excluding carboxylic acids is 1. The molecule has 3 atom stereocenters. The highest BCUT2D eigenvalue weighted by Gasteiger charge is 2.40. The lowest BCUT2D eigenvalue weighted by Gasteiger charge is -2.42. The maximum Gasteiger partial charge on any atom is 0.184 e. The number of hydrogen-bond donors (Lipinski definition) is 0. The molecule has 162 valence electrons. The van der Waals surface area contributed by atoms with Crippen molar-refractivity contribution in [1.29, 1.82) is 0 Å². The Labute approximate surface area is 172 Å². The summed E-state index contributed by atoms with van der Waals surface area (Å²) in [7, 11) is -7.30. The van der Waals surface area contributed by atoms with Crippen LogP contribution in [0.25, 0.3) is 0 Å². The van der Waals surface area contributed by atoms with Crippen LogP contribution in [0.15, 0.2) is 0 Å². The molecule has 0 aliphatic rings. The van der Waals surface area contributed by atoms with E-state index in [0.29, 0.717) is 13.0 Å². The second-order valence-corrected chi connectivity index (χ2v) is 29.0. The topological polar surface area (TPSA) is 54.0 Å². The highest BCUT2D eigenvalue weighted by Crippen LogP contribution is 2.25. The third-order valence-electron chi connectivity index (χ3n) is 3.24. The van der Waals surface area contributed by atoms with Gasteiger partial charge in [0.25, 0.3) is 0 Å². The van der Waals surface area contributed by atoms with Crippen molar-refractivity contribution in [3.8, 4) is 0 Å². The average Bonchev–Trinajstić information content (AvgIpc) is 2.36. The monoisotopic (exact) mass is 452 g/mol. The molecule has 0 rings (SSSR count). The summed E-state index contributed by atoms with van der Waals surface area (Å²) in [4.78, 5) is 11.4. The van der Waals surface area contributed by atoms with Crippen LogP contribution in [0.5, 0.6) is 0 Å². The summed E-state index contributed by atoms with van der Waals surface area (Å²) in [5, 5.41) is 0. The van der Waals surface area contributed by atoms with E-state index in [1.165, 1.54) is 0 Å². The molecular weight excluding hydrogens is 409 g/mol. The smallest absolute Gasteiger partial charge is 0.184 e. The van der Waals surface area contributed by atoms with Crippen molar-refractivity contribution < 1.29 is 22.5 Å². The van der Waals surface area contributed by atoms with Crippen LogP contribution >= 0.6 is 0 Å². The zero-order valence-corrected chi connectivity index (χ0v) is 23.8. The van der Waals surface area contributed by atoms with Crippen molar-refractivity contribution in [1.82, 2.24) is 0 Å². The lowest BCUT2D eigenvalue weighted by molar-refractivity contribution is -0.112. The first-order valence-electron chi connectivity index (χ1n) is 9.94. The van der Waals surface area contributed by atoms with Crippen LogP contribution < -0.4 is 0 Å². The van der Waals surface area contributed by atoms with E-state index >= 15 is 0 Å². The van der Waals surface area contributed by atoms with Gasteiger partial charge in [-0.2, -0.15) is 0 Å². The molecule has 0 aromatic rings. The first-order chi connectivity index (χ1) is 11.8. The van der Waals surface area contributed by atoms with Crippen molar-refractivity contribution in [3.05, 3.63) is 0 Å². The Bertz CT molecular complexity index is 447. The van der Waals surface area contributed by atoms with Gasteiger partial charge >= 0.3 is 0 Å². The molecule has 0 aliphatic heterocycles. The minimum Gasteiger partial charge on any atom is -0.415 e. The zero-order chi connectivity index (χ0) is 21.7. The fraction of sp³-hybridized carbons (Fsp3) is 0.944. The molecule has 0 aliphatic carbocycles. The Morgan fingerprint density at radius 3 is 1.37 bits per heavy atom. The Morgan fingerprint density at radius 2 is 1.04 bits per heavy atom. The van der Waals surface area contributed by atoms with E-state index in [0.717, 1.165) is 6.29 Å². The Kier molecular flexibility index (Phi) is 10.6. The fourth-order valence-corrected chi connectivity index (χ4v) is 6.61. The largest absolute Gasteiger partial charge is 0.415 e. The van der Waals surface area contributed by atoms with Gasteiger partial charge in [-0.1, -0.05) is 0 Å². The summed E-state index contributed by atoms with van der Waals surface area (Å²) >= 11 is 0. The molecule has 5 nitrogen and oxygen atoms in total. The predicted octanol–water partition coefficient (Wildman–Crippen LogP) is 5.09. The summed E-state index contributed by atoms with van der Waals surface area (Å²) in [6.45, 7) is 26.5. The third-order valence-corrected chi connectivity index (χ3v) is 7.27. The van der Waals surface area contributed by atoms with E-state index in [1.54, 1.807) is 0 Å². The highest BCUT2D eigenvalue weighted by molar-refractivity contribution is 6.71. The van der Waals surface area contributed by atoms with Gasteiger partial charge in [0.15, 0.2) is 33.3 Å². The maximum absolute atomic E-state index is 11.4. The van der Waals surface area contributed by atoms with Gasteiger partial charge in [0.2, 0.25) is 0 Å². The molecule has 0 saturated heterocycles. The number of carbonyl (C=O) groups is 1. The highest BCUT2D eigenvalue weighted by atomic mass is 28.4. The molecule has 0 radical (unpaired) electrons. The van der Waals surface area contributed by atoms with E-state index < -0.39 is 33.3 Å². The van der Waals surface area contributed by atoms with Crippen LogP contribution in [0.1, 0.15) is 6.42 Å². The lowest BCUT2D eigenvalue weighted by atomic mass is 10.1. The molecule has 0 N–H and O–H groups in total. The van der Waals surface area contributed by atoms with Crippen LogP contribution in [0.3, 0.4) is 0 Å². The van der Waals surface area contributed by atoms with Gasteiger partial charge in [-0.05, 0) is 78.6 Å². The van der Waals surface area contributed by atoms with Crippen molar-refractivity contribution in [2.75, 3.05) is 6.61 Å². The number of rotatable bonds is 13. The fourth-order valence-electron chi connectivity index (χ4n) is 2.58. The Balaban J connectivity index is 5.88. The molecule has 0 spiro atoms. The summed E-state index contributed by atoms with van der Waals surface area (Å²) in [6.07, 6.45) is 0.439. The van der Waals surface area contributed by atoms with Crippen LogP contribution in [0.4, 0.5) is 0 Å². The molecule has 0 aromatic heterocycles.